The Hall–Kier alpha value is -1.81. The van der Waals surface area contributed by atoms with Gasteiger partial charge >= 0.3 is 12.6 Å². The van der Waals surface area contributed by atoms with Gasteiger partial charge < -0.3 is 9.84 Å². The molecule has 1 aromatic rings. The second-order valence-corrected chi connectivity index (χ2v) is 3.08. The molecule has 0 atom stereocenters. The van der Waals surface area contributed by atoms with Crippen LogP contribution in [-0.2, 0) is 0 Å². The number of alkyl halides is 2. The predicted molar refractivity (Wildman–Crippen MR) is 52.0 cm³/mol. The lowest BCUT2D eigenvalue weighted by molar-refractivity contribution is -0.0521. The molecule has 4 nitrogen and oxygen atoms in total. The molecule has 1 rings (SSSR count). The molecule has 84 valence electrons. The van der Waals surface area contributed by atoms with Gasteiger partial charge in [-0.2, -0.15) is 14.0 Å². The van der Waals surface area contributed by atoms with Gasteiger partial charge in [0, 0.05) is 0 Å². The Bertz CT molecular complexity index is 471. The number of thiol groups is 1. The molecular formula is C9H5F2NO3S. The third kappa shape index (κ3) is 2.41. The molecule has 7 heteroatoms. The van der Waals surface area contributed by atoms with E-state index in [1.165, 1.54) is 6.07 Å². The summed E-state index contributed by atoms with van der Waals surface area (Å²) in [6, 6.07) is 3.86. The molecule has 0 aliphatic carbocycles. The summed E-state index contributed by atoms with van der Waals surface area (Å²) in [6.07, 6.45) is 0. The molecule has 0 aliphatic heterocycles. The zero-order chi connectivity index (χ0) is 12.3. The molecule has 0 unspecified atom stereocenters. The number of hydrogen-bond donors (Lipinski definition) is 2. The van der Waals surface area contributed by atoms with Crippen LogP contribution in [0.4, 0.5) is 8.78 Å². The number of ether oxygens (including phenoxy) is 1. The van der Waals surface area contributed by atoms with Gasteiger partial charge in [-0.1, -0.05) is 0 Å². The zero-order valence-electron chi connectivity index (χ0n) is 7.65. The Balaban J connectivity index is 3.38. The average molecular weight is 245 g/mol. The summed E-state index contributed by atoms with van der Waals surface area (Å²) in [5.41, 5.74) is -0.506. The maximum absolute atomic E-state index is 12.0. The van der Waals surface area contributed by atoms with E-state index in [0.717, 1.165) is 6.07 Å². The number of carboxylic acids is 1. The minimum Gasteiger partial charge on any atom is -0.478 e. The van der Waals surface area contributed by atoms with Crippen molar-refractivity contribution in [1.82, 2.24) is 0 Å². The number of carboxylic acid groups (broad SMARTS) is 1. The van der Waals surface area contributed by atoms with Crippen molar-refractivity contribution >= 4 is 18.6 Å². The van der Waals surface area contributed by atoms with Crippen LogP contribution in [0.2, 0.25) is 0 Å². The summed E-state index contributed by atoms with van der Waals surface area (Å²) in [6.45, 7) is -3.18. The monoisotopic (exact) mass is 245 g/mol. The number of benzene rings is 1. The second kappa shape index (κ2) is 4.81. The van der Waals surface area contributed by atoms with Crippen molar-refractivity contribution in [2.45, 2.75) is 11.5 Å². The van der Waals surface area contributed by atoms with Gasteiger partial charge in [0.15, 0.2) is 5.75 Å². The van der Waals surface area contributed by atoms with Crippen LogP contribution < -0.4 is 4.74 Å². The average Bonchev–Trinajstić information content (AvgIpc) is 2.19. The van der Waals surface area contributed by atoms with Gasteiger partial charge in [0.2, 0.25) is 0 Å². The molecule has 1 N–H and O–H groups in total. The molecule has 0 aromatic heterocycles. The second-order valence-electron chi connectivity index (χ2n) is 2.63. The minimum atomic E-state index is -3.18. The molecule has 1 aromatic carbocycles. The van der Waals surface area contributed by atoms with Gasteiger partial charge in [-0.15, -0.1) is 12.6 Å². The van der Waals surface area contributed by atoms with Crippen molar-refractivity contribution in [2.24, 2.45) is 0 Å². The van der Waals surface area contributed by atoms with E-state index >= 15 is 0 Å². The Morgan fingerprint density at radius 1 is 1.56 bits per heavy atom. The van der Waals surface area contributed by atoms with Gasteiger partial charge in [0.05, 0.1) is 10.5 Å². The largest absolute Gasteiger partial charge is 0.478 e. The highest BCUT2D eigenvalue weighted by atomic mass is 32.1. The fourth-order valence-electron chi connectivity index (χ4n) is 1.04. The lowest BCUT2D eigenvalue weighted by Gasteiger charge is -2.11. The summed E-state index contributed by atoms with van der Waals surface area (Å²) in [5.74, 6) is -2.04. The van der Waals surface area contributed by atoms with Gasteiger partial charge in [0.1, 0.15) is 11.6 Å². The Kier molecular flexibility index (Phi) is 3.68. The van der Waals surface area contributed by atoms with Crippen LogP contribution in [-0.4, -0.2) is 17.7 Å². The summed E-state index contributed by atoms with van der Waals surface area (Å²) in [5, 5.41) is 17.3. The van der Waals surface area contributed by atoms with Crippen LogP contribution in [0.15, 0.2) is 17.0 Å². The fraction of sp³-hybridized carbons (Fsp3) is 0.111. The first kappa shape index (κ1) is 12.3. The molecule has 0 fully saturated rings. The Morgan fingerprint density at radius 2 is 2.19 bits per heavy atom. The maximum atomic E-state index is 12.0. The molecule has 0 aliphatic rings. The van der Waals surface area contributed by atoms with E-state index < -0.39 is 23.9 Å². The Labute approximate surface area is 94.5 Å². The quantitative estimate of drug-likeness (QED) is 0.800. The molecule has 0 heterocycles. The van der Waals surface area contributed by atoms with Gasteiger partial charge in [0.25, 0.3) is 0 Å². The number of halogens is 2. The van der Waals surface area contributed by atoms with Crippen LogP contribution in [0.1, 0.15) is 15.9 Å². The van der Waals surface area contributed by atoms with Crippen LogP contribution in [0.5, 0.6) is 5.75 Å². The third-order valence-electron chi connectivity index (χ3n) is 1.69. The van der Waals surface area contributed by atoms with Crippen LogP contribution in [0.3, 0.4) is 0 Å². The first-order valence-electron chi connectivity index (χ1n) is 3.91. The van der Waals surface area contributed by atoms with Gasteiger partial charge in [-0.3, -0.25) is 0 Å². The van der Waals surface area contributed by atoms with Crippen molar-refractivity contribution in [1.29, 1.82) is 5.26 Å². The van der Waals surface area contributed by atoms with E-state index in [0.29, 0.717) is 0 Å². The highest BCUT2D eigenvalue weighted by Crippen LogP contribution is 2.31. The summed E-state index contributed by atoms with van der Waals surface area (Å²) >= 11 is 3.79. The van der Waals surface area contributed by atoms with Crippen molar-refractivity contribution < 1.29 is 23.4 Å². The van der Waals surface area contributed by atoms with E-state index in [4.69, 9.17) is 10.4 Å². The SMILES string of the molecule is N#Cc1ccc(C(=O)O)c(OC(F)F)c1S. The number of nitriles is 1. The fourth-order valence-corrected chi connectivity index (χ4v) is 1.34. The van der Waals surface area contributed by atoms with E-state index in [2.05, 4.69) is 17.4 Å². The molecule has 0 saturated carbocycles. The van der Waals surface area contributed by atoms with E-state index in [-0.39, 0.29) is 10.5 Å². The minimum absolute atomic E-state index is 0.0380. The molecule has 0 amide bonds. The summed E-state index contributed by atoms with van der Waals surface area (Å²) in [7, 11) is 0. The highest BCUT2D eigenvalue weighted by Gasteiger charge is 2.20. The van der Waals surface area contributed by atoms with Crippen molar-refractivity contribution in [3.8, 4) is 11.8 Å². The molecular weight excluding hydrogens is 240 g/mol. The van der Waals surface area contributed by atoms with E-state index in [1.54, 1.807) is 6.07 Å². The van der Waals surface area contributed by atoms with Crippen LogP contribution >= 0.6 is 12.6 Å². The molecule has 0 saturated heterocycles. The zero-order valence-corrected chi connectivity index (χ0v) is 8.54. The standard InChI is InChI=1S/C9H5F2NO3S/c10-9(11)15-6-5(8(13)14)2-1-4(3-12)7(6)16/h1-2,9,16H,(H,13,14). The molecule has 16 heavy (non-hydrogen) atoms. The van der Waals surface area contributed by atoms with E-state index in [1.807, 2.05) is 0 Å². The highest BCUT2D eigenvalue weighted by molar-refractivity contribution is 7.80. The van der Waals surface area contributed by atoms with Crippen LogP contribution in [0, 0.1) is 11.3 Å². The number of nitrogens with zero attached hydrogens (tertiary/aromatic N) is 1. The van der Waals surface area contributed by atoms with Crippen molar-refractivity contribution in [3.63, 3.8) is 0 Å². The normalized spacial score (nSPS) is 9.94. The topological polar surface area (TPSA) is 70.3 Å². The number of hydrogen-bond acceptors (Lipinski definition) is 4. The summed E-state index contributed by atoms with van der Waals surface area (Å²) < 4.78 is 28.1. The van der Waals surface area contributed by atoms with Crippen LogP contribution in [0.25, 0.3) is 0 Å². The maximum Gasteiger partial charge on any atom is 0.387 e. The lowest BCUT2D eigenvalue weighted by Crippen LogP contribution is -2.09. The molecule has 0 bridgehead atoms. The molecule has 0 radical (unpaired) electrons. The number of aromatic carboxylic acids is 1. The summed E-state index contributed by atoms with van der Waals surface area (Å²) in [4.78, 5) is 10.5. The molecule has 0 spiro atoms. The lowest BCUT2D eigenvalue weighted by atomic mass is 10.1. The smallest absolute Gasteiger partial charge is 0.387 e. The van der Waals surface area contributed by atoms with Crippen molar-refractivity contribution in [3.05, 3.63) is 23.3 Å². The van der Waals surface area contributed by atoms with Gasteiger partial charge in [-0.05, 0) is 12.1 Å². The number of rotatable bonds is 3. The van der Waals surface area contributed by atoms with E-state index in [9.17, 15) is 13.6 Å². The third-order valence-corrected chi connectivity index (χ3v) is 2.13. The predicted octanol–water partition coefficient (Wildman–Crippen LogP) is 2.15. The van der Waals surface area contributed by atoms with Gasteiger partial charge in [-0.25, -0.2) is 4.79 Å². The Morgan fingerprint density at radius 3 is 2.62 bits per heavy atom. The first-order valence-corrected chi connectivity index (χ1v) is 4.36. The van der Waals surface area contributed by atoms with Crippen molar-refractivity contribution in [2.75, 3.05) is 0 Å². The first-order chi connectivity index (χ1) is 7.47. The number of carbonyl (C=O) groups is 1.